The maximum Gasteiger partial charge on any atom is 0.304 e. The fourth-order valence-electron chi connectivity index (χ4n) is 11.0. The first kappa shape index (κ1) is 27.2. The molecule has 6 rings (SSSR count). The average molecular weight is 537 g/mol. The van der Waals surface area contributed by atoms with Crippen LogP contribution in [-0.4, -0.2) is 34.1 Å². The minimum atomic E-state index is -0.766. The van der Waals surface area contributed by atoms with Crippen molar-refractivity contribution in [2.45, 2.75) is 117 Å². The molecule has 1 heterocycles. The number of aromatic nitrogens is 1. The predicted molar refractivity (Wildman–Crippen MR) is 150 cm³/mol. The van der Waals surface area contributed by atoms with Crippen molar-refractivity contribution in [2.24, 2.45) is 39.4 Å². The molecule has 5 aliphatic carbocycles. The Labute approximate surface area is 233 Å². The summed E-state index contributed by atoms with van der Waals surface area (Å²) < 4.78 is 5.81. The van der Waals surface area contributed by atoms with Crippen molar-refractivity contribution in [3.63, 3.8) is 0 Å². The Morgan fingerprint density at radius 3 is 2.51 bits per heavy atom. The molecule has 3 saturated carbocycles. The van der Waals surface area contributed by atoms with E-state index in [0.717, 1.165) is 57.1 Å². The first-order chi connectivity index (χ1) is 18.1. The van der Waals surface area contributed by atoms with E-state index in [1.165, 1.54) is 11.1 Å². The van der Waals surface area contributed by atoms with Crippen LogP contribution in [0.15, 0.2) is 22.4 Å². The second-order valence-corrected chi connectivity index (χ2v) is 16.0. The molecule has 1 aromatic rings. The van der Waals surface area contributed by atoms with Crippen molar-refractivity contribution in [1.29, 1.82) is 0 Å². The molecular weight excluding hydrogens is 488 g/mol. The zero-order valence-electron chi connectivity index (χ0n) is 25.1. The van der Waals surface area contributed by atoms with E-state index < -0.39 is 5.97 Å². The van der Waals surface area contributed by atoms with Gasteiger partial charge < -0.3 is 14.9 Å². The average Bonchev–Trinajstić information content (AvgIpc) is 3.30. The van der Waals surface area contributed by atoms with Gasteiger partial charge in [-0.1, -0.05) is 59.2 Å². The Kier molecular flexibility index (Phi) is 5.79. The quantitative estimate of drug-likeness (QED) is 0.457. The molecular formula is C33H48N2O4. The molecule has 0 aromatic carbocycles. The second-order valence-electron chi connectivity index (χ2n) is 16.0. The van der Waals surface area contributed by atoms with Crippen LogP contribution in [0.2, 0.25) is 0 Å². The summed E-state index contributed by atoms with van der Waals surface area (Å²) in [7, 11) is 0. The van der Waals surface area contributed by atoms with Gasteiger partial charge in [-0.2, -0.15) is 0 Å². The van der Waals surface area contributed by atoms with Crippen molar-refractivity contribution in [3.05, 3.63) is 29.2 Å². The van der Waals surface area contributed by atoms with E-state index in [2.05, 4.69) is 65.0 Å². The standard InChI is InChI=1S/C33H48N2O4/c1-28(2)11-13-33(34-15-9-25(37)38)14-12-32(7)26(21(33)18-28)22(36)16-24-30(5)17-20-19-35-39-27(20)29(3,4)23(30)8-10-31(24,32)6/h16,19,21,23,26,34H,8-15,17-18H2,1-7H3,(H,37,38)/t21-,23-,26-,30-,31+,32+,33-/m0/s1. The number of rotatable bonds is 4. The van der Waals surface area contributed by atoms with Crippen molar-refractivity contribution in [1.82, 2.24) is 10.5 Å². The van der Waals surface area contributed by atoms with E-state index in [0.29, 0.717) is 18.2 Å². The number of nitrogens with one attached hydrogen (secondary N) is 1. The summed E-state index contributed by atoms with van der Waals surface area (Å²) in [5.74, 6) is 1.14. The molecule has 6 nitrogen and oxygen atoms in total. The molecule has 2 N–H and O–H groups in total. The van der Waals surface area contributed by atoms with Crippen LogP contribution in [0.3, 0.4) is 0 Å². The summed E-state index contributed by atoms with van der Waals surface area (Å²) in [6.07, 6.45) is 12.4. The summed E-state index contributed by atoms with van der Waals surface area (Å²) in [5.41, 5.74) is 2.16. The lowest BCUT2D eigenvalue weighted by molar-refractivity contribution is -0.162. The molecule has 39 heavy (non-hydrogen) atoms. The lowest BCUT2D eigenvalue weighted by atomic mass is 9.34. The van der Waals surface area contributed by atoms with Crippen LogP contribution in [0.25, 0.3) is 0 Å². The van der Waals surface area contributed by atoms with E-state index in [1.54, 1.807) is 0 Å². The van der Waals surface area contributed by atoms with Gasteiger partial charge in [0, 0.05) is 29.0 Å². The Hall–Kier alpha value is -1.95. The first-order valence-electron chi connectivity index (χ1n) is 15.3. The molecule has 214 valence electrons. The van der Waals surface area contributed by atoms with E-state index in [-0.39, 0.29) is 50.9 Å². The molecule has 6 heteroatoms. The molecule has 0 amide bonds. The number of carbonyl (C=O) groups is 2. The fraction of sp³-hybridized carbons (Fsp3) is 0.788. The highest BCUT2D eigenvalue weighted by atomic mass is 16.5. The van der Waals surface area contributed by atoms with Gasteiger partial charge in [0.1, 0.15) is 5.76 Å². The molecule has 5 aliphatic rings. The first-order valence-corrected chi connectivity index (χ1v) is 15.3. The number of nitrogens with zero attached hydrogens (tertiary/aromatic N) is 1. The van der Waals surface area contributed by atoms with Gasteiger partial charge in [0.15, 0.2) is 5.78 Å². The highest BCUT2D eigenvalue weighted by Crippen LogP contribution is 2.73. The van der Waals surface area contributed by atoms with E-state index in [4.69, 9.17) is 4.52 Å². The van der Waals surface area contributed by atoms with Gasteiger partial charge in [-0.15, -0.1) is 0 Å². The van der Waals surface area contributed by atoms with Gasteiger partial charge >= 0.3 is 5.97 Å². The zero-order chi connectivity index (χ0) is 28.2. The van der Waals surface area contributed by atoms with Gasteiger partial charge in [-0.3, -0.25) is 9.59 Å². The SMILES string of the molecule is CC1(C)CC[C@]2(NCCC(=O)O)CC[C@]3(C)[C@H](C(=O)C=C4[C@@]5(C)Cc6cnoc6C(C)(C)[C@@H]5CC[C@]43C)[C@@H]2C1. The van der Waals surface area contributed by atoms with Crippen LogP contribution in [0.4, 0.5) is 0 Å². The monoisotopic (exact) mass is 536 g/mol. The lowest BCUT2D eigenvalue weighted by Crippen LogP contribution is -2.69. The van der Waals surface area contributed by atoms with E-state index in [1.807, 2.05) is 6.20 Å². The van der Waals surface area contributed by atoms with E-state index >= 15 is 0 Å². The van der Waals surface area contributed by atoms with E-state index in [9.17, 15) is 14.7 Å². The predicted octanol–water partition coefficient (Wildman–Crippen LogP) is 6.49. The maximum atomic E-state index is 14.6. The number of hydrogen-bond acceptors (Lipinski definition) is 5. The molecule has 0 radical (unpaired) electrons. The highest BCUT2D eigenvalue weighted by Gasteiger charge is 2.69. The largest absolute Gasteiger partial charge is 0.481 e. The number of carbonyl (C=O) groups excluding carboxylic acids is 1. The Bertz CT molecular complexity index is 1240. The summed E-state index contributed by atoms with van der Waals surface area (Å²) in [6, 6.07) is 0. The van der Waals surface area contributed by atoms with Crippen LogP contribution in [0.5, 0.6) is 0 Å². The van der Waals surface area contributed by atoms with Crippen LogP contribution >= 0.6 is 0 Å². The Morgan fingerprint density at radius 2 is 1.79 bits per heavy atom. The third kappa shape index (κ3) is 3.58. The third-order valence-corrected chi connectivity index (χ3v) is 13.1. The normalized spacial score (nSPS) is 43.7. The topological polar surface area (TPSA) is 92.4 Å². The second kappa shape index (κ2) is 8.30. The molecule has 7 atom stereocenters. The summed E-state index contributed by atoms with van der Waals surface area (Å²) >= 11 is 0. The fourth-order valence-corrected chi connectivity index (χ4v) is 11.0. The Balaban J connectivity index is 1.44. The van der Waals surface area contributed by atoms with Crippen LogP contribution < -0.4 is 5.32 Å². The minimum absolute atomic E-state index is 0.0418. The van der Waals surface area contributed by atoms with Crippen molar-refractivity contribution >= 4 is 11.8 Å². The summed E-state index contributed by atoms with van der Waals surface area (Å²) in [5, 5.41) is 17.3. The zero-order valence-corrected chi connectivity index (χ0v) is 25.1. The van der Waals surface area contributed by atoms with Gasteiger partial charge in [0.05, 0.1) is 12.6 Å². The molecule has 3 fully saturated rings. The lowest BCUT2D eigenvalue weighted by Gasteiger charge is -2.69. The van der Waals surface area contributed by atoms with Crippen LogP contribution in [0, 0.1) is 39.4 Å². The molecule has 0 saturated heterocycles. The van der Waals surface area contributed by atoms with Crippen molar-refractivity contribution in [3.8, 4) is 0 Å². The van der Waals surface area contributed by atoms with Crippen molar-refractivity contribution < 1.29 is 19.2 Å². The summed E-state index contributed by atoms with van der Waals surface area (Å²) in [6.45, 7) is 17.1. The molecule has 0 unspecified atom stereocenters. The number of hydrogen-bond donors (Lipinski definition) is 2. The number of carboxylic acid groups (broad SMARTS) is 1. The smallest absolute Gasteiger partial charge is 0.304 e. The van der Waals surface area contributed by atoms with Gasteiger partial charge in [-0.05, 0) is 90.9 Å². The minimum Gasteiger partial charge on any atom is -0.481 e. The molecule has 0 bridgehead atoms. The van der Waals surface area contributed by atoms with Gasteiger partial charge in [-0.25, -0.2) is 0 Å². The molecule has 1 aromatic heterocycles. The molecule has 0 aliphatic heterocycles. The highest BCUT2D eigenvalue weighted by molar-refractivity contribution is 5.95. The number of fused-ring (bicyclic) bond motifs is 8. The third-order valence-electron chi connectivity index (χ3n) is 13.1. The molecule has 0 spiro atoms. The van der Waals surface area contributed by atoms with Crippen LogP contribution in [-0.2, 0) is 21.4 Å². The van der Waals surface area contributed by atoms with Crippen molar-refractivity contribution in [2.75, 3.05) is 6.54 Å². The maximum absolute atomic E-state index is 14.6. The van der Waals surface area contributed by atoms with Gasteiger partial charge in [0.25, 0.3) is 0 Å². The van der Waals surface area contributed by atoms with Gasteiger partial charge in [0.2, 0.25) is 0 Å². The number of carboxylic acids is 1. The summed E-state index contributed by atoms with van der Waals surface area (Å²) in [4.78, 5) is 25.9. The van der Waals surface area contributed by atoms with Crippen LogP contribution in [0.1, 0.15) is 111 Å². The number of allylic oxidation sites excluding steroid dienone is 2. The number of aliphatic carboxylic acids is 1. The Morgan fingerprint density at radius 1 is 1.08 bits per heavy atom. The number of ketones is 1.